The maximum absolute atomic E-state index is 15.2. The highest BCUT2D eigenvalue weighted by atomic mass is 35.5. The highest BCUT2D eigenvalue weighted by Crippen LogP contribution is 2.43. The number of hydrogen-bond acceptors (Lipinski definition) is 5. The molecule has 6 rings (SSSR count). The number of aromatic nitrogens is 4. The van der Waals surface area contributed by atoms with Crippen molar-refractivity contribution < 1.29 is 22.0 Å². The van der Waals surface area contributed by atoms with Crippen molar-refractivity contribution in [2.24, 2.45) is 0 Å². The molecular weight excluding hydrogens is 533 g/mol. The summed E-state index contributed by atoms with van der Waals surface area (Å²) in [6.07, 6.45) is -2.78. The van der Waals surface area contributed by atoms with Gasteiger partial charge in [0, 0.05) is 23.2 Å². The van der Waals surface area contributed by atoms with Gasteiger partial charge in [0.25, 0.3) is 0 Å². The van der Waals surface area contributed by atoms with Gasteiger partial charge in [-0.1, -0.05) is 47.2 Å². The molecular formula is C25H15ClF5N5S. The van der Waals surface area contributed by atoms with Gasteiger partial charge in [-0.15, -0.1) is 10.2 Å². The fourth-order valence-corrected chi connectivity index (χ4v) is 5.33. The molecule has 37 heavy (non-hydrogen) atoms. The summed E-state index contributed by atoms with van der Waals surface area (Å²) in [7, 11) is 0. The highest BCUT2D eigenvalue weighted by Gasteiger charge is 2.34. The van der Waals surface area contributed by atoms with Gasteiger partial charge < -0.3 is 9.88 Å². The van der Waals surface area contributed by atoms with Gasteiger partial charge in [-0.05, 0) is 37.1 Å². The van der Waals surface area contributed by atoms with Crippen molar-refractivity contribution in [2.75, 3.05) is 5.32 Å². The predicted octanol–water partition coefficient (Wildman–Crippen LogP) is 8.25. The lowest BCUT2D eigenvalue weighted by Crippen LogP contribution is -2.06. The van der Waals surface area contributed by atoms with Gasteiger partial charge in [0.1, 0.15) is 17.5 Å². The summed E-state index contributed by atoms with van der Waals surface area (Å²) in [5.41, 5.74) is 0.828. The Morgan fingerprint density at radius 3 is 2.51 bits per heavy atom. The summed E-state index contributed by atoms with van der Waals surface area (Å²) >= 11 is 6.93. The third kappa shape index (κ3) is 4.42. The van der Waals surface area contributed by atoms with Gasteiger partial charge in [0.05, 0.1) is 27.3 Å². The zero-order valence-electron chi connectivity index (χ0n) is 18.7. The number of nitrogens with zero attached hydrogens (tertiary/aromatic N) is 4. The lowest BCUT2D eigenvalue weighted by molar-refractivity contribution is -0.137. The minimum absolute atomic E-state index is 0.0663. The highest BCUT2D eigenvalue weighted by molar-refractivity contribution is 7.18. The van der Waals surface area contributed by atoms with E-state index < -0.39 is 28.4 Å². The van der Waals surface area contributed by atoms with Gasteiger partial charge in [-0.3, -0.25) is 0 Å². The molecule has 0 atom stereocenters. The Balaban J connectivity index is 1.36. The maximum Gasteiger partial charge on any atom is 0.417 e. The molecule has 2 aromatic heterocycles. The SMILES string of the molecule is Fc1cccc(-c2nc3cc(Nc4nnc(-c5cccc(C(F)(F)F)c5Cl)s4)c(F)cc3n2C2CC2)c1. The lowest BCUT2D eigenvalue weighted by Gasteiger charge is -2.10. The molecule has 0 spiro atoms. The molecule has 1 saturated carbocycles. The maximum atomic E-state index is 15.2. The second-order valence-electron chi connectivity index (χ2n) is 8.57. The van der Waals surface area contributed by atoms with Crippen LogP contribution < -0.4 is 5.32 Å². The van der Waals surface area contributed by atoms with Crippen molar-refractivity contribution in [3.05, 3.63) is 76.8 Å². The van der Waals surface area contributed by atoms with Crippen LogP contribution in [0.25, 0.3) is 33.0 Å². The molecule has 0 amide bonds. The quantitative estimate of drug-likeness (QED) is 0.225. The van der Waals surface area contributed by atoms with Crippen LogP contribution in [-0.2, 0) is 6.18 Å². The van der Waals surface area contributed by atoms with E-state index in [-0.39, 0.29) is 27.4 Å². The molecule has 0 radical (unpaired) electrons. The van der Waals surface area contributed by atoms with Gasteiger partial charge >= 0.3 is 6.18 Å². The molecule has 5 aromatic rings. The first kappa shape index (κ1) is 23.8. The van der Waals surface area contributed by atoms with Crippen LogP contribution in [-0.4, -0.2) is 19.7 Å². The predicted molar refractivity (Wildman–Crippen MR) is 132 cm³/mol. The Hall–Kier alpha value is -3.57. The molecule has 0 saturated heterocycles. The molecule has 1 fully saturated rings. The summed E-state index contributed by atoms with van der Waals surface area (Å²) in [5, 5.41) is 10.5. The molecule has 0 aliphatic heterocycles. The van der Waals surface area contributed by atoms with E-state index in [1.807, 2.05) is 4.57 Å². The van der Waals surface area contributed by atoms with Crippen molar-refractivity contribution >= 4 is 44.8 Å². The van der Waals surface area contributed by atoms with Crippen molar-refractivity contribution in [3.63, 3.8) is 0 Å². The van der Waals surface area contributed by atoms with Crippen molar-refractivity contribution in [3.8, 4) is 22.0 Å². The van der Waals surface area contributed by atoms with Crippen LogP contribution in [0.2, 0.25) is 5.02 Å². The summed E-state index contributed by atoms with van der Waals surface area (Å²) in [5.74, 6) is -0.423. The Morgan fingerprint density at radius 1 is 1.00 bits per heavy atom. The molecule has 5 nitrogen and oxygen atoms in total. The van der Waals surface area contributed by atoms with E-state index >= 15 is 4.39 Å². The minimum Gasteiger partial charge on any atom is -0.328 e. The monoisotopic (exact) mass is 547 g/mol. The number of hydrogen-bond donors (Lipinski definition) is 1. The normalized spacial score (nSPS) is 13.9. The number of nitrogens with one attached hydrogen (secondary N) is 1. The number of rotatable bonds is 5. The van der Waals surface area contributed by atoms with Crippen LogP contribution in [0.3, 0.4) is 0 Å². The van der Waals surface area contributed by atoms with Gasteiger partial charge in [0.2, 0.25) is 5.13 Å². The van der Waals surface area contributed by atoms with Crippen LogP contribution in [0.4, 0.5) is 32.8 Å². The standard InChI is InChI=1S/C25H15ClF5N5S/c26-21-15(5-2-6-16(21)25(29,30)31)23-34-35-24(37-23)33-18-11-19-20(10-17(18)28)36(14-7-8-14)22(32-19)12-3-1-4-13(27)9-12/h1-6,9-11,14H,7-8H2,(H,33,35). The molecule has 1 aliphatic rings. The third-order valence-electron chi connectivity index (χ3n) is 5.97. The van der Waals surface area contributed by atoms with Gasteiger partial charge in [0.15, 0.2) is 5.01 Å². The summed E-state index contributed by atoms with van der Waals surface area (Å²) in [4.78, 5) is 4.66. The third-order valence-corrected chi connectivity index (χ3v) is 7.25. The van der Waals surface area contributed by atoms with E-state index in [1.54, 1.807) is 12.1 Å². The zero-order valence-corrected chi connectivity index (χ0v) is 20.2. The Morgan fingerprint density at radius 2 is 1.78 bits per heavy atom. The zero-order chi connectivity index (χ0) is 25.9. The molecule has 1 aliphatic carbocycles. The van der Waals surface area contributed by atoms with E-state index in [4.69, 9.17) is 11.6 Å². The molecule has 1 N–H and O–H groups in total. The summed E-state index contributed by atoms with van der Waals surface area (Å²) in [6, 6.07) is 12.6. The number of alkyl halides is 3. The minimum atomic E-state index is -4.62. The summed E-state index contributed by atoms with van der Waals surface area (Å²) < 4.78 is 70.6. The fourth-order valence-electron chi connectivity index (χ4n) is 4.16. The number of imidazole rings is 1. The van der Waals surface area contributed by atoms with E-state index in [0.717, 1.165) is 30.2 Å². The topological polar surface area (TPSA) is 55.6 Å². The first-order chi connectivity index (χ1) is 17.7. The van der Waals surface area contributed by atoms with Gasteiger partial charge in [-0.25, -0.2) is 13.8 Å². The Labute approximate surface area is 215 Å². The fraction of sp³-hybridized carbons (Fsp3) is 0.160. The molecule has 188 valence electrons. The first-order valence-corrected chi connectivity index (χ1v) is 12.3. The number of fused-ring (bicyclic) bond motifs is 1. The Bertz CT molecular complexity index is 1660. The van der Waals surface area contributed by atoms with E-state index in [2.05, 4.69) is 20.5 Å². The largest absolute Gasteiger partial charge is 0.417 e. The van der Waals surface area contributed by atoms with Crippen molar-refractivity contribution in [1.82, 2.24) is 19.7 Å². The Kier molecular flexibility index (Phi) is 5.64. The average Bonchev–Trinajstić information content (AvgIpc) is 3.46. The van der Waals surface area contributed by atoms with Crippen LogP contribution in [0.5, 0.6) is 0 Å². The second kappa shape index (κ2) is 8.77. The molecule has 0 bridgehead atoms. The van der Waals surface area contributed by atoms with Crippen molar-refractivity contribution in [1.29, 1.82) is 0 Å². The van der Waals surface area contributed by atoms with Crippen LogP contribution in [0, 0.1) is 11.6 Å². The molecule has 2 heterocycles. The van der Waals surface area contributed by atoms with Crippen LogP contribution >= 0.6 is 22.9 Å². The van der Waals surface area contributed by atoms with Crippen molar-refractivity contribution in [2.45, 2.75) is 25.1 Å². The molecule has 3 aromatic carbocycles. The first-order valence-electron chi connectivity index (χ1n) is 11.1. The second-order valence-corrected chi connectivity index (χ2v) is 9.93. The van der Waals surface area contributed by atoms with E-state index in [0.29, 0.717) is 22.4 Å². The smallest absolute Gasteiger partial charge is 0.328 e. The number of halogens is 6. The molecule has 12 heteroatoms. The van der Waals surface area contributed by atoms with Crippen LogP contribution in [0.1, 0.15) is 24.4 Å². The molecule has 0 unspecified atom stereocenters. The summed E-state index contributed by atoms with van der Waals surface area (Å²) in [6.45, 7) is 0. The average molecular weight is 548 g/mol. The lowest BCUT2D eigenvalue weighted by atomic mass is 10.1. The number of anilines is 2. The van der Waals surface area contributed by atoms with E-state index in [1.165, 1.54) is 36.4 Å². The van der Waals surface area contributed by atoms with Gasteiger partial charge in [-0.2, -0.15) is 13.2 Å². The van der Waals surface area contributed by atoms with E-state index in [9.17, 15) is 17.6 Å². The van der Waals surface area contributed by atoms with Crippen LogP contribution in [0.15, 0.2) is 54.6 Å². The number of benzene rings is 3.